The zero-order valence-electron chi connectivity index (χ0n) is 21.3. The molecule has 212 valence electrons. The number of benzene rings is 2. The van der Waals surface area contributed by atoms with Crippen LogP contribution in [0.1, 0.15) is 47.8 Å². The summed E-state index contributed by atoms with van der Waals surface area (Å²) < 4.78 is 25.3. The minimum atomic E-state index is -1.46. The number of ether oxygens (including phenoxy) is 5. The number of phenolic OH excluding ortho intramolecular Hbond substituents is 5. The van der Waals surface area contributed by atoms with Crippen LogP contribution in [0.2, 0.25) is 0 Å². The molecular weight excluding hydrogens is 524 g/mol. The van der Waals surface area contributed by atoms with Crippen molar-refractivity contribution in [2.24, 2.45) is 0 Å². The highest BCUT2D eigenvalue weighted by Crippen LogP contribution is 2.49. The van der Waals surface area contributed by atoms with Crippen molar-refractivity contribution in [1.82, 2.24) is 0 Å². The van der Waals surface area contributed by atoms with Crippen LogP contribution in [0.3, 0.4) is 0 Å². The van der Waals surface area contributed by atoms with Gasteiger partial charge < -0.3 is 54.0 Å². The normalized spacial score (nSPS) is 12.8. The van der Waals surface area contributed by atoms with Crippen molar-refractivity contribution >= 4 is 24.1 Å². The van der Waals surface area contributed by atoms with Gasteiger partial charge in [-0.2, -0.15) is 0 Å². The predicted molar refractivity (Wildman–Crippen MR) is 130 cm³/mol. The monoisotopic (exact) mass is 552 g/mol. The van der Waals surface area contributed by atoms with Gasteiger partial charge in [-0.3, -0.25) is 14.4 Å². The summed E-state index contributed by atoms with van der Waals surface area (Å²) in [6, 6.07) is 1.04. The van der Waals surface area contributed by atoms with Crippen LogP contribution in [0.25, 0.3) is 0 Å². The molecule has 1 aliphatic carbocycles. The Morgan fingerprint density at radius 3 is 2.00 bits per heavy atom. The van der Waals surface area contributed by atoms with Crippen LogP contribution in [0.15, 0.2) is 6.07 Å². The lowest BCUT2D eigenvalue weighted by atomic mass is 9.79. The van der Waals surface area contributed by atoms with Crippen molar-refractivity contribution in [2.75, 3.05) is 47.6 Å². The molecule has 1 unspecified atom stereocenters. The fourth-order valence-corrected chi connectivity index (χ4v) is 3.90. The van der Waals surface area contributed by atoms with Crippen LogP contribution >= 0.6 is 0 Å². The molecule has 2 aromatic carbocycles. The van der Waals surface area contributed by atoms with E-state index in [0.717, 1.165) is 6.07 Å². The quantitative estimate of drug-likeness (QED) is 0.0694. The molecule has 1 atom stereocenters. The van der Waals surface area contributed by atoms with Crippen molar-refractivity contribution in [3.8, 4) is 28.7 Å². The van der Waals surface area contributed by atoms with Gasteiger partial charge in [-0.15, -0.1) is 0 Å². The Labute approximate surface area is 221 Å². The smallest absolute Gasteiger partial charge is 0.202 e. The van der Waals surface area contributed by atoms with Gasteiger partial charge >= 0.3 is 0 Å². The minimum absolute atomic E-state index is 0.0801. The molecule has 0 aromatic heterocycles. The average molecular weight is 552 g/mol. The predicted octanol–water partition coefficient (Wildman–Crippen LogP) is 0.922. The van der Waals surface area contributed by atoms with Crippen LogP contribution in [0.5, 0.6) is 28.7 Å². The summed E-state index contributed by atoms with van der Waals surface area (Å²) in [6.45, 7) is 2.55. The van der Waals surface area contributed by atoms with E-state index in [-0.39, 0.29) is 37.9 Å². The summed E-state index contributed by atoms with van der Waals surface area (Å²) in [5.74, 6) is -8.32. The molecule has 2 aromatic rings. The second-order valence-electron chi connectivity index (χ2n) is 7.96. The molecule has 0 radical (unpaired) electrons. The molecule has 0 spiro atoms. The zero-order chi connectivity index (χ0) is 29.4. The number of carbonyl (C=O) groups is 4. The maximum Gasteiger partial charge on any atom is 0.202 e. The SMILES string of the molecule is C=O.COCCOC(COCOCOC)C(=O)c1c(O)c(O)c2c(c1O)C(=O)c1c(C)cc(O)c(O)c1C2=O. The topological polar surface area (TPSA) is 216 Å². The van der Waals surface area contributed by atoms with Crippen molar-refractivity contribution < 1.29 is 68.4 Å². The Morgan fingerprint density at radius 1 is 0.795 bits per heavy atom. The van der Waals surface area contributed by atoms with Gasteiger partial charge in [-0.05, 0) is 18.6 Å². The number of rotatable bonds is 12. The molecule has 0 saturated carbocycles. The number of fused-ring (bicyclic) bond motifs is 2. The fourth-order valence-electron chi connectivity index (χ4n) is 3.90. The maximum absolute atomic E-state index is 13.3. The van der Waals surface area contributed by atoms with Crippen LogP contribution in [0.4, 0.5) is 0 Å². The van der Waals surface area contributed by atoms with Crippen LogP contribution in [0, 0.1) is 6.92 Å². The molecule has 0 bridgehead atoms. The van der Waals surface area contributed by atoms with E-state index < -0.39 is 81.1 Å². The summed E-state index contributed by atoms with van der Waals surface area (Å²) >= 11 is 0. The van der Waals surface area contributed by atoms with Crippen LogP contribution < -0.4 is 0 Å². The molecule has 14 heteroatoms. The van der Waals surface area contributed by atoms with Gasteiger partial charge in [0.1, 0.15) is 37.8 Å². The van der Waals surface area contributed by atoms with Crippen molar-refractivity contribution in [2.45, 2.75) is 13.0 Å². The summed E-state index contributed by atoms with van der Waals surface area (Å²) in [5, 5.41) is 52.4. The molecule has 14 nitrogen and oxygen atoms in total. The van der Waals surface area contributed by atoms with Crippen molar-refractivity contribution in [1.29, 1.82) is 0 Å². The highest BCUT2D eigenvalue weighted by molar-refractivity contribution is 6.33. The molecule has 3 rings (SSSR count). The van der Waals surface area contributed by atoms with E-state index in [9.17, 15) is 39.9 Å². The van der Waals surface area contributed by atoms with Gasteiger partial charge in [0.2, 0.25) is 11.6 Å². The Morgan fingerprint density at radius 2 is 1.38 bits per heavy atom. The number of hydrogen-bond acceptors (Lipinski definition) is 14. The third-order valence-electron chi connectivity index (χ3n) is 5.59. The summed E-state index contributed by atoms with van der Waals surface area (Å²) in [4.78, 5) is 47.8. The number of aromatic hydroxyl groups is 5. The van der Waals surface area contributed by atoms with Crippen molar-refractivity contribution in [3.05, 3.63) is 39.4 Å². The molecule has 1 aliphatic rings. The fraction of sp³-hybridized carbons (Fsp3) is 0.360. The first-order valence-electron chi connectivity index (χ1n) is 11.1. The highest BCUT2D eigenvalue weighted by Gasteiger charge is 2.43. The van der Waals surface area contributed by atoms with Crippen LogP contribution in [-0.2, 0) is 28.5 Å². The third kappa shape index (κ3) is 6.00. The third-order valence-corrected chi connectivity index (χ3v) is 5.59. The highest BCUT2D eigenvalue weighted by atomic mass is 16.7. The van der Waals surface area contributed by atoms with Gasteiger partial charge in [0.05, 0.1) is 36.5 Å². The second-order valence-corrected chi connectivity index (χ2v) is 7.96. The molecular formula is C25H28O14. The van der Waals surface area contributed by atoms with E-state index >= 15 is 0 Å². The molecule has 0 fully saturated rings. The van der Waals surface area contributed by atoms with E-state index in [1.165, 1.54) is 21.1 Å². The van der Waals surface area contributed by atoms with E-state index in [4.69, 9.17) is 28.5 Å². The van der Waals surface area contributed by atoms with Gasteiger partial charge in [0.25, 0.3) is 0 Å². The lowest BCUT2D eigenvalue weighted by molar-refractivity contribution is -0.133. The summed E-state index contributed by atoms with van der Waals surface area (Å²) in [7, 11) is 2.79. The van der Waals surface area contributed by atoms with Gasteiger partial charge in [0, 0.05) is 19.8 Å². The first kappa shape index (κ1) is 31.1. The first-order valence-corrected chi connectivity index (χ1v) is 11.1. The summed E-state index contributed by atoms with van der Waals surface area (Å²) in [5.41, 5.74) is -3.37. The van der Waals surface area contributed by atoms with E-state index in [0.29, 0.717) is 0 Å². The minimum Gasteiger partial charge on any atom is -0.506 e. The van der Waals surface area contributed by atoms with E-state index in [1.807, 2.05) is 6.79 Å². The molecule has 0 saturated heterocycles. The molecule has 0 amide bonds. The molecule has 5 N–H and O–H groups in total. The van der Waals surface area contributed by atoms with Crippen molar-refractivity contribution in [3.63, 3.8) is 0 Å². The average Bonchev–Trinajstić information content (AvgIpc) is 2.91. The number of ketones is 3. The van der Waals surface area contributed by atoms with Gasteiger partial charge in [-0.25, -0.2) is 0 Å². The maximum atomic E-state index is 13.3. The first-order chi connectivity index (χ1) is 18.6. The number of aryl methyl sites for hydroxylation is 1. The molecule has 0 aliphatic heterocycles. The van der Waals surface area contributed by atoms with Gasteiger partial charge in [0.15, 0.2) is 28.8 Å². The Hall–Kier alpha value is -4.08. The number of carbonyl (C=O) groups excluding carboxylic acids is 4. The largest absolute Gasteiger partial charge is 0.506 e. The summed E-state index contributed by atoms with van der Waals surface area (Å²) in [6.07, 6.45) is -1.46. The Bertz CT molecular complexity index is 1250. The zero-order valence-corrected chi connectivity index (χ0v) is 21.3. The van der Waals surface area contributed by atoms with Crippen LogP contribution in [-0.4, -0.2) is 103 Å². The van der Waals surface area contributed by atoms with E-state index in [2.05, 4.69) is 0 Å². The molecule has 39 heavy (non-hydrogen) atoms. The number of Topliss-reactive ketones (excluding diaryl/α,β-unsaturated/α-hetero) is 1. The Kier molecular flexibility index (Phi) is 10.9. The number of phenols is 5. The standard InChI is InChI=1S/C24H26O13.CH2O/c1-10-6-11(25)18(26)14-13(10)20(28)15-16(21(14)29)23(31)24(32)17(22(15)30)19(27)12(37-5-4-33-2)7-35-9-36-8-34-3;1-2/h6,12,25-26,30-32H,4-5,7-9H2,1-3H3;1H2. The second kappa shape index (κ2) is 13.6. The lowest BCUT2D eigenvalue weighted by Gasteiger charge is -2.25. The van der Waals surface area contributed by atoms with E-state index in [1.54, 1.807) is 0 Å². The lowest BCUT2D eigenvalue weighted by Crippen LogP contribution is -2.32. The number of hydrogen-bond donors (Lipinski definition) is 5. The molecule has 0 heterocycles. The number of methoxy groups -OCH3 is 2. The van der Waals surface area contributed by atoms with Gasteiger partial charge in [-0.1, -0.05) is 0 Å². The Balaban J connectivity index is 0.00000260.